The van der Waals surface area contributed by atoms with Crippen LogP contribution in [0.2, 0.25) is 0 Å². The average molecular weight is 355 g/mol. The van der Waals surface area contributed by atoms with Gasteiger partial charge >= 0.3 is 5.97 Å². The molecule has 0 aliphatic heterocycles. The SMILES string of the molecule is CC(NC(=O)C(N)CS)C(=O)NC(Cc1ccc(O)cc1)C(=O)O. The van der Waals surface area contributed by atoms with Gasteiger partial charge in [0.25, 0.3) is 0 Å². The zero-order valence-electron chi connectivity index (χ0n) is 13.1. The number of thiol groups is 1. The number of carbonyl (C=O) groups is 3. The lowest BCUT2D eigenvalue weighted by molar-refractivity contribution is -0.142. The summed E-state index contributed by atoms with van der Waals surface area (Å²) in [6.07, 6.45) is 0.0399. The maximum absolute atomic E-state index is 12.1. The van der Waals surface area contributed by atoms with E-state index in [4.69, 9.17) is 5.73 Å². The van der Waals surface area contributed by atoms with E-state index in [0.717, 1.165) is 0 Å². The highest BCUT2D eigenvalue weighted by molar-refractivity contribution is 7.80. The zero-order valence-corrected chi connectivity index (χ0v) is 14.0. The third-order valence-electron chi connectivity index (χ3n) is 3.28. The molecule has 9 heteroatoms. The highest BCUT2D eigenvalue weighted by atomic mass is 32.1. The quantitative estimate of drug-likeness (QED) is 0.339. The number of benzene rings is 1. The summed E-state index contributed by atoms with van der Waals surface area (Å²) in [6.45, 7) is 1.43. The second kappa shape index (κ2) is 9.14. The number of aliphatic carboxylic acids is 1. The molecule has 1 aromatic carbocycles. The van der Waals surface area contributed by atoms with E-state index in [1.165, 1.54) is 19.1 Å². The summed E-state index contributed by atoms with van der Waals surface area (Å²) in [5.74, 6) is -2.20. The van der Waals surface area contributed by atoms with Gasteiger partial charge < -0.3 is 26.6 Å². The van der Waals surface area contributed by atoms with Crippen molar-refractivity contribution in [2.24, 2.45) is 5.73 Å². The van der Waals surface area contributed by atoms with Crippen molar-refractivity contribution < 1.29 is 24.6 Å². The molecule has 0 saturated carbocycles. The monoisotopic (exact) mass is 355 g/mol. The third kappa shape index (κ3) is 6.09. The van der Waals surface area contributed by atoms with Crippen molar-refractivity contribution in [3.63, 3.8) is 0 Å². The molecule has 0 aliphatic rings. The van der Waals surface area contributed by atoms with Gasteiger partial charge in [0.2, 0.25) is 11.8 Å². The standard InChI is InChI=1S/C15H21N3O5S/c1-8(17-14(21)11(16)7-24)13(20)18-12(15(22)23)6-9-2-4-10(19)5-3-9/h2-5,8,11-12,19,24H,6-7,16H2,1H3,(H,17,21)(H,18,20)(H,22,23). The van der Waals surface area contributed by atoms with Crippen LogP contribution in [0.15, 0.2) is 24.3 Å². The first-order valence-corrected chi connectivity index (χ1v) is 7.85. The van der Waals surface area contributed by atoms with Gasteiger partial charge in [0, 0.05) is 12.2 Å². The molecule has 3 unspecified atom stereocenters. The molecule has 0 radical (unpaired) electrons. The number of carbonyl (C=O) groups excluding carboxylic acids is 2. The van der Waals surface area contributed by atoms with E-state index in [-0.39, 0.29) is 17.9 Å². The number of amides is 2. The molecule has 0 fully saturated rings. The van der Waals surface area contributed by atoms with Crippen LogP contribution in [-0.4, -0.2) is 51.9 Å². The molecule has 3 atom stereocenters. The van der Waals surface area contributed by atoms with Crippen LogP contribution in [0.4, 0.5) is 0 Å². The van der Waals surface area contributed by atoms with Crippen LogP contribution in [0.3, 0.4) is 0 Å². The summed E-state index contributed by atoms with van der Waals surface area (Å²) in [4.78, 5) is 35.0. The number of rotatable bonds is 8. The zero-order chi connectivity index (χ0) is 18.3. The number of nitrogens with one attached hydrogen (secondary N) is 2. The smallest absolute Gasteiger partial charge is 0.326 e. The van der Waals surface area contributed by atoms with Gasteiger partial charge in [-0.1, -0.05) is 12.1 Å². The first-order chi connectivity index (χ1) is 11.2. The summed E-state index contributed by atoms with van der Waals surface area (Å²) in [7, 11) is 0. The summed E-state index contributed by atoms with van der Waals surface area (Å²) in [5.41, 5.74) is 6.13. The second-order valence-corrected chi connectivity index (χ2v) is 5.65. The van der Waals surface area contributed by atoms with E-state index in [1.54, 1.807) is 12.1 Å². The number of nitrogens with two attached hydrogens (primary N) is 1. The van der Waals surface area contributed by atoms with Gasteiger partial charge in [0.1, 0.15) is 17.8 Å². The molecular formula is C15H21N3O5S. The fourth-order valence-electron chi connectivity index (χ4n) is 1.83. The van der Waals surface area contributed by atoms with Crippen LogP contribution in [0.25, 0.3) is 0 Å². The van der Waals surface area contributed by atoms with E-state index in [1.807, 2.05) is 0 Å². The van der Waals surface area contributed by atoms with Gasteiger partial charge in [-0.3, -0.25) is 9.59 Å². The molecule has 1 aromatic rings. The maximum Gasteiger partial charge on any atom is 0.326 e. The van der Waals surface area contributed by atoms with Crippen molar-refractivity contribution in [2.75, 3.05) is 5.75 Å². The molecule has 8 nitrogen and oxygen atoms in total. The number of carboxylic acids is 1. The lowest BCUT2D eigenvalue weighted by Crippen LogP contribution is -2.54. The normalized spacial score (nSPS) is 14.3. The van der Waals surface area contributed by atoms with Crippen LogP contribution in [0, 0.1) is 0 Å². The molecule has 0 heterocycles. The van der Waals surface area contributed by atoms with Crippen LogP contribution in [-0.2, 0) is 20.8 Å². The minimum Gasteiger partial charge on any atom is -0.508 e. The Kier molecular flexibility index (Phi) is 7.53. The molecule has 0 saturated heterocycles. The largest absolute Gasteiger partial charge is 0.508 e. The second-order valence-electron chi connectivity index (χ2n) is 5.29. The molecule has 6 N–H and O–H groups in total. The van der Waals surface area contributed by atoms with Crippen molar-refractivity contribution >= 4 is 30.4 Å². The Morgan fingerprint density at radius 1 is 1.17 bits per heavy atom. The summed E-state index contributed by atoms with van der Waals surface area (Å²) < 4.78 is 0. The minimum absolute atomic E-state index is 0.0399. The number of phenolic OH excluding ortho intramolecular Hbond substituents is 1. The average Bonchev–Trinajstić information content (AvgIpc) is 2.54. The summed E-state index contributed by atoms with van der Waals surface area (Å²) in [5, 5.41) is 23.2. The van der Waals surface area contributed by atoms with Crippen LogP contribution >= 0.6 is 12.6 Å². The number of aromatic hydroxyl groups is 1. The Balaban J connectivity index is 2.67. The van der Waals surface area contributed by atoms with E-state index >= 15 is 0 Å². The molecule has 2 amide bonds. The molecule has 0 aromatic heterocycles. The molecule has 24 heavy (non-hydrogen) atoms. The lowest BCUT2D eigenvalue weighted by atomic mass is 10.1. The predicted octanol–water partition coefficient (Wildman–Crippen LogP) is -0.734. The topological polar surface area (TPSA) is 142 Å². The molecule has 0 aliphatic carbocycles. The van der Waals surface area contributed by atoms with Crippen molar-refractivity contribution in [3.8, 4) is 5.75 Å². The molecule has 0 bridgehead atoms. The third-order valence-corrected chi connectivity index (χ3v) is 3.67. The van der Waals surface area contributed by atoms with E-state index in [0.29, 0.717) is 5.56 Å². The summed E-state index contributed by atoms with van der Waals surface area (Å²) in [6, 6.07) is 3.03. The molecular weight excluding hydrogens is 334 g/mol. The first-order valence-electron chi connectivity index (χ1n) is 7.22. The Labute approximate surface area is 144 Å². The van der Waals surface area contributed by atoms with Gasteiger partial charge in [0.15, 0.2) is 0 Å². The highest BCUT2D eigenvalue weighted by Gasteiger charge is 2.25. The van der Waals surface area contributed by atoms with Gasteiger partial charge in [-0.25, -0.2) is 4.79 Å². The maximum atomic E-state index is 12.1. The first kappa shape index (κ1) is 19.8. The summed E-state index contributed by atoms with van der Waals surface area (Å²) >= 11 is 3.89. The van der Waals surface area contributed by atoms with E-state index in [2.05, 4.69) is 23.3 Å². The molecule has 132 valence electrons. The lowest BCUT2D eigenvalue weighted by Gasteiger charge is -2.20. The van der Waals surface area contributed by atoms with Crippen molar-refractivity contribution in [3.05, 3.63) is 29.8 Å². The van der Waals surface area contributed by atoms with Gasteiger partial charge in [-0.05, 0) is 24.6 Å². The molecule has 1 rings (SSSR count). The minimum atomic E-state index is -1.21. The van der Waals surface area contributed by atoms with E-state index in [9.17, 15) is 24.6 Å². The van der Waals surface area contributed by atoms with Crippen molar-refractivity contribution in [1.82, 2.24) is 10.6 Å². The predicted molar refractivity (Wildman–Crippen MR) is 90.8 cm³/mol. The van der Waals surface area contributed by atoms with Crippen LogP contribution in [0.5, 0.6) is 5.75 Å². The Morgan fingerprint density at radius 2 is 1.75 bits per heavy atom. The number of carboxylic acid groups (broad SMARTS) is 1. The highest BCUT2D eigenvalue weighted by Crippen LogP contribution is 2.11. The van der Waals surface area contributed by atoms with Gasteiger partial charge in [-0.2, -0.15) is 12.6 Å². The fourth-order valence-corrected chi connectivity index (χ4v) is 2.00. The van der Waals surface area contributed by atoms with Crippen molar-refractivity contribution in [2.45, 2.75) is 31.5 Å². The Hall–Kier alpha value is -2.26. The van der Waals surface area contributed by atoms with E-state index < -0.39 is 35.9 Å². The van der Waals surface area contributed by atoms with Gasteiger partial charge in [-0.15, -0.1) is 0 Å². The number of hydrogen-bond donors (Lipinski definition) is 6. The Bertz CT molecular complexity index is 593. The fraction of sp³-hybridized carbons (Fsp3) is 0.400. The number of phenols is 1. The Morgan fingerprint density at radius 3 is 2.25 bits per heavy atom. The molecule has 0 spiro atoms. The van der Waals surface area contributed by atoms with Gasteiger partial charge in [0.05, 0.1) is 6.04 Å². The van der Waals surface area contributed by atoms with Crippen LogP contribution < -0.4 is 16.4 Å². The van der Waals surface area contributed by atoms with Crippen LogP contribution in [0.1, 0.15) is 12.5 Å². The number of hydrogen-bond acceptors (Lipinski definition) is 6. The van der Waals surface area contributed by atoms with Crippen molar-refractivity contribution in [1.29, 1.82) is 0 Å².